The van der Waals surface area contributed by atoms with Gasteiger partial charge in [0.15, 0.2) is 0 Å². The summed E-state index contributed by atoms with van der Waals surface area (Å²) in [5.41, 5.74) is 4.13. The highest BCUT2D eigenvalue weighted by Crippen LogP contribution is 2.38. The Balaban J connectivity index is 1.60. The fraction of sp³-hybridized carbons (Fsp3) is 0.565. The van der Waals surface area contributed by atoms with E-state index in [0.29, 0.717) is 5.92 Å². The zero-order valence-corrected chi connectivity index (χ0v) is 16.2. The van der Waals surface area contributed by atoms with Crippen molar-refractivity contribution in [3.05, 3.63) is 59.8 Å². The second-order valence-electron chi connectivity index (χ2n) is 8.18. The van der Waals surface area contributed by atoms with Gasteiger partial charge in [0.2, 0.25) is 0 Å². The predicted molar refractivity (Wildman–Crippen MR) is 108 cm³/mol. The molecule has 0 radical (unpaired) electrons. The Morgan fingerprint density at radius 3 is 2.40 bits per heavy atom. The third-order valence-electron chi connectivity index (χ3n) is 6.01. The van der Waals surface area contributed by atoms with Gasteiger partial charge in [0.05, 0.1) is 0 Å². The molecule has 0 bridgehead atoms. The van der Waals surface area contributed by atoms with Crippen molar-refractivity contribution < 1.29 is 0 Å². The highest BCUT2D eigenvalue weighted by molar-refractivity contribution is 5.30. The fourth-order valence-corrected chi connectivity index (χ4v) is 4.35. The molecular formula is C23H34N2. The van der Waals surface area contributed by atoms with Gasteiger partial charge >= 0.3 is 0 Å². The van der Waals surface area contributed by atoms with E-state index in [1.807, 2.05) is 0 Å². The highest BCUT2D eigenvalue weighted by Gasteiger charge is 2.25. The lowest BCUT2D eigenvalue weighted by Crippen LogP contribution is -2.44. The van der Waals surface area contributed by atoms with Crippen LogP contribution >= 0.6 is 0 Å². The smallest absolute Gasteiger partial charge is 0.0303 e. The highest BCUT2D eigenvalue weighted by atomic mass is 15.3. The number of nitrogens with zero attached hydrogens (tertiary/aromatic N) is 2. The first-order valence-electron chi connectivity index (χ1n) is 9.93. The van der Waals surface area contributed by atoms with E-state index >= 15 is 0 Å². The van der Waals surface area contributed by atoms with Crippen LogP contribution in [0, 0.1) is 11.8 Å². The van der Waals surface area contributed by atoms with E-state index in [0.717, 1.165) is 44.6 Å². The minimum absolute atomic E-state index is 0.599. The van der Waals surface area contributed by atoms with E-state index in [9.17, 15) is 0 Å². The van der Waals surface area contributed by atoms with Crippen molar-refractivity contribution in [3.8, 4) is 0 Å². The zero-order valence-electron chi connectivity index (χ0n) is 16.2. The van der Waals surface area contributed by atoms with Crippen LogP contribution in [-0.4, -0.2) is 36.0 Å². The van der Waals surface area contributed by atoms with E-state index in [1.54, 1.807) is 0 Å². The minimum atomic E-state index is 0.599. The number of hydrogen-bond acceptors (Lipinski definition) is 2. The molecule has 2 aliphatic rings. The molecule has 0 amide bonds. The van der Waals surface area contributed by atoms with Gasteiger partial charge in [-0.3, -0.25) is 4.90 Å². The normalized spacial score (nSPS) is 24.7. The topological polar surface area (TPSA) is 6.48 Å². The molecule has 3 rings (SSSR count). The molecule has 2 heteroatoms. The molecule has 1 aliphatic carbocycles. The molecule has 25 heavy (non-hydrogen) atoms. The SMILES string of the molecule is C=C(C)N1CCN(Cc2ccc(C3C=CCCC3C(C)C)cc2)CC1. The van der Waals surface area contributed by atoms with Gasteiger partial charge in [-0.2, -0.15) is 0 Å². The van der Waals surface area contributed by atoms with Gasteiger partial charge in [-0.15, -0.1) is 0 Å². The summed E-state index contributed by atoms with van der Waals surface area (Å²) in [5, 5.41) is 0. The quantitative estimate of drug-likeness (QED) is 0.694. The molecule has 2 unspecified atom stereocenters. The molecule has 1 saturated heterocycles. The molecule has 1 aliphatic heterocycles. The Hall–Kier alpha value is -1.54. The summed E-state index contributed by atoms with van der Waals surface area (Å²) in [6.07, 6.45) is 7.39. The summed E-state index contributed by atoms with van der Waals surface area (Å²) < 4.78 is 0. The van der Waals surface area contributed by atoms with Crippen molar-refractivity contribution in [2.45, 2.75) is 46.1 Å². The summed E-state index contributed by atoms with van der Waals surface area (Å²) in [7, 11) is 0. The lowest BCUT2D eigenvalue weighted by molar-refractivity contribution is 0.153. The Morgan fingerprint density at radius 2 is 1.80 bits per heavy atom. The lowest BCUT2D eigenvalue weighted by Gasteiger charge is -2.36. The van der Waals surface area contributed by atoms with Crippen LogP contribution in [0.15, 0.2) is 48.7 Å². The zero-order chi connectivity index (χ0) is 17.8. The van der Waals surface area contributed by atoms with Crippen LogP contribution in [0.1, 0.15) is 50.7 Å². The molecule has 136 valence electrons. The average Bonchev–Trinajstić information content (AvgIpc) is 2.63. The largest absolute Gasteiger partial charge is 0.373 e. The van der Waals surface area contributed by atoms with Gasteiger partial charge in [0.25, 0.3) is 0 Å². The van der Waals surface area contributed by atoms with Crippen LogP contribution < -0.4 is 0 Å². The van der Waals surface area contributed by atoms with Crippen LogP contribution in [-0.2, 0) is 6.54 Å². The minimum Gasteiger partial charge on any atom is -0.373 e. The van der Waals surface area contributed by atoms with E-state index in [4.69, 9.17) is 0 Å². The third kappa shape index (κ3) is 4.55. The number of piperazine rings is 1. The summed E-state index contributed by atoms with van der Waals surface area (Å²) in [5.74, 6) is 2.13. The summed E-state index contributed by atoms with van der Waals surface area (Å²) in [4.78, 5) is 4.95. The number of rotatable bonds is 5. The van der Waals surface area contributed by atoms with E-state index in [-0.39, 0.29) is 0 Å². The van der Waals surface area contributed by atoms with Gasteiger partial charge in [-0.25, -0.2) is 0 Å². The molecule has 1 fully saturated rings. The van der Waals surface area contributed by atoms with Gasteiger partial charge in [-0.05, 0) is 42.7 Å². The van der Waals surface area contributed by atoms with Gasteiger partial charge in [0, 0.05) is 44.3 Å². The summed E-state index contributed by atoms with van der Waals surface area (Å²) in [6, 6.07) is 9.44. The van der Waals surface area contributed by atoms with Crippen LogP contribution in [0.25, 0.3) is 0 Å². The van der Waals surface area contributed by atoms with Crippen molar-refractivity contribution in [1.82, 2.24) is 9.80 Å². The first-order chi connectivity index (χ1) is 12.0. The number of benzene rings is 1. The lowest BCUT2D eigenvalue weighted by atomic mass is 9.74. The Bertz CT molecular complexity index is 591. The van der Waals surface area contributed by atoms with Crippen molar-refractivity contribution in [2.75, 3.05) is 26.2 Å². The molecule has 1 aromatic carbocycles. The van der Waals surface area contributed by atoms with Crippen molar-refractivity contribution >= 4 is 0 Å². The number of hydrogen-bond donors (Lipinski definition) is 0. The van der Waals surface area contributed by atoms with E-state index < -0.39 is 0 Å². The maximum atomic E-state index is 4.06. The molecular weight excluding hydrogens is 304 g/mol. The van der Waals surface area contributed by atoms with Gasteiger partial charge in [0.1, 0.15) is 0 Å². The summed E-state index contributed by atoms with van der Waals surface area (Å²) >= 11 is 0. The van der Waals surface area contributed by atoms with E-state index in [1.165, 1.54) is 29.7 Å². The number of allylic oxidation sites excluding steroid dienone is 3. The Morgan fingerprint density at radius 1 is 1.12 bits per heavy atom. The Labute approximate surface area is 154 Å². The molecule has 0 saturated carbocycles. The second kappa shape index (κ2) is 8.23. The van der Waals surface area contributed by atoms with Crippen LogP contribution in [0.4, 0.5) is 0 Å². The molecule has 1 heterocycles. The maximum absolute atomic E-state index is 4.06. The van der Waals surface area contributed by atoms with Gasteiger partial charge in [-0.1, -0.05) is 56.8 Å². The summed E-state index contributed by atoms with van der Waals surface area (Å²) in [6.45, 7) is 16.5. The predicted octanol–water partition coefficient (Wildman–Crippen LogP) is 5.04. The van der Waals surface area contributed by atoms with Crippen LogP contribution in [0.2, 0.25) is 0 Å². The second-order valence-corrected chi connectivity index (χ2v) is 8.18. The average molecular weight is 339 g/mol. The molecule has 0 spiro atoms. The molecule has 1 aromatic rings. The standard InChI is InChI=1S/C23H34N2/c1-18(2)22-7-5-6-8-23(22)21-11-9-20(10-12-21)17-24-13-15-25(16-14-24)19(3)4/h6,8-12,18,22-23H,3,5,7,13-17H2,1-2,4H3. The first-order valence-corrected chi connectivity index (χ1v) is 9.93. The monoisotopic (exact) mass is 338 g/mol. The fourth-order valence-electron chi connectivity index (χ4n) is 4.35. The Kier molecular flexibility index (Phi) is 6.01. The molecule has 2 nitrogen and oxygen atoms in total. The van der Waals surface area contributed by atoms with E-state index in [2.05, 4.69) is 73.6 Å². The molecule has 2 atom stereocenters. The van der Waals surface area contributed by atoms with Crippen molar-refractivity contribution in [3.63, 3.8) is 0 Å². The van der Waals surface area contributed by atoms with Gasteiger partial charge < -0.3 is 4.90 Å². The first kappa shape index (κ1) is 18.3. The van der Waals surface area contributed by atoms with Crippen molar-refractivity contribution in [2.24, 2.45) is 11.8 Å². The van der Waals surface area contributed by atoms with Crippen LogP contribution in [0.3, 0.4) is 0 Å². The molecule has 0 aromatic heterocycles. The van der Waals surface area contributed by atoms with Crippen molar-refractivity contribution in [1.29, 1.82) is 0 Å². The van der Waals surface area contributed by atoms with Crippen LogP contribution in [0.5, 0.6) is 0 Å². The third-order valence-corrected chi connectivity index (χ3v) is 6.01. The molecule has 0 N–H and O–H groups in total. The maximum Gasteiger partial charge on any atom is 0.0303 e.